The Hall–Kier alpha value is -1.27. The van der Waals surface area contributed by atoms with E-state index in [9.17, 15) is 9.90 Å². The highest BCUT2D eigenvalue weighted by Gasteiger charge is 2.60. The second-order valence-electron chi connectivity index (χ2n) is 11.2. The standard InChI is InChI=1S/C24H37N3O3/c1-23(29)8-6-16-15-7-9-24(2)19(17(15)12-22(30-3)18(16)13-23)4-5-20(24)21(28)14-27-25-10-11-26-27/h10-11,15-20,22,29H,4-9,12-14H2,1-3H3/t15-,16-,17-,18+,19+,20-,22-,23-,24+/m1/s1. The third kappa shape index (κ3) is 3.26. The lowest BCUT2D eigenvalue weighted by molar-refractivity contribution is -0.155. The number of fused-ring (bicyclic) bond motifs is 5. The van der Waals surface area contributed by atoms with Gasteiger partial charge in [0.25, 0.3) is 0 Å². The zero-order valence-electron chi connectivity index (χ0n) is 18.7. The van der Waals surface area contributed by atoms with Gasteiger partial charge in [-0.25, -0.2) is 0 Å². The summed E-state index contributed by atoms with van der Waals surface area (Å²) in [6, 6.07) is 0. The Bertz CT molecular complexity index is 779. The minimum atomic E-state index is -0.542. The van der Waals surface area contributed by atoms with Gasteiger partial charge in [-0.2, -0.15) is 15.0 Å². The van der Waals surface area contributed by atoms with Crippen LogP contribution < -0.4 is 0 Å². The van der Waals surface area contributed by atoms with Crippen LogP contribution in [-0.2, 0) is 16.1 Å². The molecular weight excluding hydrogens is 378 g/mol. The molecule has 0 aromatic carbocycles. The van der Waals surface area contributed by atoms with E-state index < -0.39 is 5.60 Å². The summed E-state index contributed by atoms with van der Waals surface area (Å²) in [5.41, 5.74) is -0.448. The van der Waals surface area contributed by atoms with Crippen molar-refractivity contribution in [2.24, 2.45) is 40.9 Å². The van der Waals surface area contributed by atoms with E-state index in [4.69, 9.17) is 4.74 Å². The van der Waals surface area contributed by atoms with Crippen LogP contribution in [0.2, 0.25) is 0 Å². The van der Waals surface area contributed by atoms with E-state index in [1.807, 2.05) is 14.0 Å². The molecule has 9 atom stereocenters. The first-order chi connectivity index (χ1) is 14.3. The number of aliphatic hydroxyl groups is 1. The summed E-state index contributed by atoms with van der Waals surface area (Å²) in [5.74, 6) is 3.57. The number of rotatable bonds is 4. The molecule has 30 heavy (non-hydrogen) atoms. The minimum absolute atomic E-state index is 0.0939. The highest BCUT2D eigenvalue weighted by atomic mass is 16.5. The van der Waals surface area contributed by atoms with Crippen molar-refractivity contribution in [3.8, 4) is 0 Å². The van der Waals surface area contributed by atoms with Crippen LogP contribution in [-0.4, -0.2) is 44.7 Å². The molecule has 1 aromatic heterocycles. The summed E-state index contributed by atoms with van der Waals surface area (Å²) in [4.78, 5) is 14.7. The van der Waals surface area contributed by atoms with Crippen LogP contribution in [0.25, 0.3) is 0 Å². The lowest BCUT2D eigenvalue weighted by Crippen LogP contribution is -2.55. The molecule has 0 saturated heterocycles. The maximum atomic E-state index is 13.2. The lowest BCUT2D eigenvalue weighted by atomic mass is 9.48. The number of ketones is 1. The molecule has 166 valence electrons. The molecule has 4 aliphatic rings. The van der Waals surface area contributed by atoms with Crippen molar-refractivity contribution in [2.45, 2.75) is 83.5 Å². The van der Waals surface area contributed by atoms with Crippen molar-refractivity contribution in [3.05, 3.63) is 12.4 Å². The Balaban J connectivity index is 1.36. The van der Waals surface area contributed by atoms with Gasteiger partial charge in [0.1, 0.15) is 6.54 Å². The Morgan fingerprint density at radius 3 is 2.50 bits per heavy atom. The molecule has 6 heteroatoms. The molecule has 1 N–H and O–H groups in total. The third-order valence-corrected chi connectivity index (χ3v) is 9.72. The second-order valence-corrected chi connectivity index (χ2v) is 11.2. The number of ether oxygens (including phenoxy) is 1. The molecule has 0 bridgehead atoms. The average molecular weight is 416 g/mol. The molecule has 0 unspecified atom stereocenters. The summed E-state index contributed by atoms with van der Waals surface area (Å²) >= 11 is 0. The van der Waals surface area contributed by atoms with Crippen LogP contribution in [0.5, 0.6) is 0 Å². The van der Waals surface area contributed by atoms with Gasteiger partial charge in [-0.3, -0.25) is 4.79 Å². The average Bonchev–Trinajstić information content (AvgIpc) is 3.33. The first-order valence-corrected chi connectivity index (χ1v) is 11.9. The summed E-state index contributed by atoms with van der Waals surface area (Å²) < 4.78 is 6.03. The van der Waals surface area contributed by atoms with Gasteiger partial charge in [0, 0.05) is 13.0 Å². The molecule has 4 aliphatic carbocycles. The number of hydrogen-bond acceptors (Lipinski definition) is 5. The van der Waals surface area contributed by atoms with E-state index in [1.165, 1.54) is 11.2 Å². The van der Waals surface area contributed by atoms with Crippen molar-refractivity contribution in [3.63, 3.8) is 0 Å². The Morgan fingerprint density at radius 2 is 1.77 bits per heavy atom. The fourth-order valence-corrected chi connectivity index (χ4v) is 8.40. The van der Waals surface area contributed by atoms with E-state index >= 15 is 0 Å². The molecule has 0 aliphatic heterocycles. The molecule has 5 rings (SSSR count). The summed E-state index contributed by atoms with van der Waals surface area (Å²) in [7, 11) is 1.85. The van der Waals surface area contributed by atoms with Crippen LogP contribution >= 0.6 is 0 Å². The molecule has 4 fully saturated rings. The van der Waals surface area contributed by atoms with Crippen molar-refractivity contribution < 1.29 is 14.6 Å². The molecular formula is C24H37N3O3. The Morgan fingerprint density at radius 1 is 1.07 bits per heavy atom. The first-order valence-electron chi connectivity index (χ1n) is 11.9. The maximum Gasteiger partial charge on any atom is 0.159 e. The predicted molar refractivity (Wildman–Crippen MR) is 112 cm³/mol. The van der Waals surface area contributed by atoms with E-state index in [0.717, 1.165) is 50.9 Å². The number of Topliss-reactive ketones (excluding diaryl/α,β-unsaturated/α-hetero) is 1. The topological polar surface area (TPSA) is 77.2 Å². The number of aromatic nitrogens is 3. The molecule has 1 heterocycles. The number of hydrogen-bond donors (Lipinski definition) is 1. The highest BCUT2D eigenvalue weighted by Crippen LogP contribution is 2.65. The normalized spacial score (nSPS) is 47.9. The van der Waals surface area contributed by atoms with Gasteiger partial charge < -0.3 is 9.84 Å². The quantitative estimate of drug-likeness (QED) is 0.814. The van der Waals surface area contributed by atoms with Crippen molar-refractivity contribution in [2.75, 3.05) is 7.11 Å². The number of methoxy groups -OCH3 is 1. The SMILES string of the molecule is CO[C@@H]1C[C@@H]2[C@H](CC[C@]3(C)[C@@H](C(=O)Cn4nccn4)CC[C@@H]23)[C@H]2CC[C@@](C)(O)C[C@@H]21. The van der Waals surface area contributed by atoms with Gasteiger partial charge in [-0.15, -0.1) is 0 Å². The maximum absolute atomic E-state index is 13.2. The fraction of sp³-hybridized carbons (Fsp3) is 0.875. The first kappa shape index (κ1) is 20.6. The highest BCUT2D eigenvalue weighted by molar-refractivity contribution is 5.81. The van der Waals surface area contributed by atoms with Crippen molar-refractivity contribution in [1.29, 1.82) is 0 Å². The van der Waals surface area contributed by atoms with Crippen LogP contribution in [0.15, 0.2) is 12.4 Å². The zero-order chi connectivity index (χ0) is 21.1. The Kier molecular flexibility index (Phi) is 5.09. The monoisotopic (exact) mass is 415 g/mol. The van der Waals surface area contributed by atoms with Gasteiger partial charge in [-0.1, -0.05) is 6.92 Å². The number of carbonyl (C=O) groups is 1. The van der Waals surface area contributed by atoms with Crippen LogP contribution in [0.1, 0.15) is 65.2 Å². The zero-order valence-corrected chi connectivity index (χ0v) is 18.7. The lowest BCUT2D eigenvalue weighted by Gasteiger charge is -2.58. The summed E-state index contributed by atoms with van der Waals surface area (Å²) in [6.07, 6.45) is 12.1. The van der Waals surface area contributed by atoms with E-state index in [2.05, 4.69) is 17.1 Å². The molecule has 0 amide bonds. The van der Waals surface area contributed by atoms with Gasteiger partial charge in [0.15, 0.2) is 5.78 Å². The van der Waals surface area contributed by atoms with Crippen LogP contribution in [0.4, 0.5) is 0 Å². The third-order valence-electron chi connectivity index (χ3n) is 9.72. The molecule has 1 aromatic rings. The van der Waals surface area contributed by atoms with Gasteiger partial charge in [0.05, 0.1) is 24.1 Å². The molecule has 0 spiro atoms. The van der Waals surface area contributed by atoms with Crippen LogP contribution in [0, 0.1) is 40.9 Å². The van der Waals surface area contributed by atoms with Gasteiger partial charge in [-0.05, 0) is 93.3 Å². The largest absolute Gasteiger partial charge is 0.390 e. The van der Waals surface area contributed by atoms with Gasteiger partial charge >= 0.3 is 0 Å². The van der Waals surface area contributed by atoms with Gasteiger partial charge in [0.2, 0.25) is 0 Å². The fourth-order valence-electron chi connectivity index (χ4n) is 8.40. The van der Waals surface area contributed by atoms with E-state index in [-0.39, 0.29) is 17.4 Å². The van der Waals surface area contributed by atoms with Crippen molar-refractivity contribution >= 4 is 5.78 Å². The molecule has 6 nitrogen and oxygen atoms in total. The smallest absolute Gasteiger partial charge is 0.159 e. The van der Waals surface area contributed by atoms with E-state index in [1.54, 1.807) is 12.4 Å². The van der Waals surface area contributed by atoms with Crippen LogP contribution in [0.3, 0.4) is 0 Å². The Labute approximate surface area is 179 Å². The van der Waals surface area contributed by atoms with Crippen molar-refractivity contribution in [1.82, 2.24) is 15.0 Å². The molecule has 4 saturated carbocycles. The summed E-state index contributed by atoms with van der Waals surface area (Å²) in [6.45, 7) is 4.69. The number of carbonyl (C=O) groups excluding carboxylic acids is 1. The number of nitrogens with zero attached hydrogens (tertiary/aromatic N) is 3. The van der Waals surface area contributed by atoms with E-state index in [0.29, 0.717) is 36.0 Å². The molecule has 0 radical (unpaired) electrons. The summed E-state index contributed by atoms with van der Waals surface area (Å²) in [5, 5.41) is 19.0. The minimum Gasteiger partial charge on any atom is -0.390 e. The second kappa shape index (κ2) is 7.40. The predicted octanol–water partition coefficient (Wildman–Crippen LogP) is 3.49.